The van der Waals surface area contributed by atoms with Crippen LogP contribution in [0.25, 0.3) is 0 Å². The first-order valence-electron chi connectivity index (χ1n) is 5.66. The Kier molecular flexibility index (Phi) is 3.82. The Hall–Kier alpha value is -3.07. The number of nitrogens with two attached hydrogens (primary N) is 1. The van der Waals surface area contributed by atoms with E-state index in [4.69, 9.17) is 15.7 Å². The van der Waals surface area contributed by atoms with Crippen molar-refractivity contribution in [2.75, 3.05) is 12.8 Å². The highest BCUT2D eigenvalue weighted by Gasteiger charge is 2.15. The van der Waals surface area contributed by atoms with Gasteiger partial charge in [-0.25, -0.2) is 9.78 Å². The number of nitrogen functional groups attached to an aromatic ring is 1. The number of anilines is 1. The number of nitrogens with zero attached hydrogens (tertiary/aromatic N) is 2. The van der Waals surface area contributed by atoms with Gasteiger partial charge in [0.25, 0.3) is 0 Å². The molecule has 6 heteroatoms. The second-order valence-corrected chi connectivity index (χ2v) is 3.81. The molecule has 1 aromatic heterocycles. The molecular formula is C14H11N3O3. The second-order valence-electron chi connectivity index (χ2n) is 3.81. The van der Waals surface area contributed by atoms with Gasteiger partial charge in [-0.2, -0.15) is 5.26 Å². The molecule has 0 amide bonds. The molecule has 0 saturated carbocycles. The fourth-order valence-corrected chi connectivity index (χ4v) is 1.53. The lowest BCUT2D eigenvalue weighted by atomic mass is 10.2. The van der Waals surface area contributed by atoms with E-state index in [9.17, 15) is 4.79 Å². The molecule has 0 radical (unpaired) electrons. The van der Waals surface area contributed by atoms with E-state index in [0.717, 1.165) is 0 Å². The normalized spacial score (nSPS) is 9.60. The molecule has 2 rings (SSSR count). The number of ether oxygens (including phenoxy) is 2. The molecule has 0 atom stereocenters. The van der Waals surface area contributed by atoms with E-state index in [1.54, 1.807) is 24.3 Å². The first-order valence-corrected chi connectivity index (χ1v) is 5.66. The summed E-state index contributed by atoms with van der Waals surface area (Å²) in [5.41, 5.74) is 6.63. The first-order chi connectivity index (χ1) is 9.65. The molecule has 2 N–H and O–H groups in total. The SMILES string of the molecule is COC(=O)c1ccnc(Oc2ccc(C#N)cc2)c1N. The maximum absolute atomic E-state index is 11.5. The van der Waals surface area contributed by atoms with Gasteiger partial charge < -0.3 is 15.2 Å². The van der Waals surface area contributed by atoms with Gasteiger partial charge in [0.15, 0.2) is 0 Å². The number of pyridine rings is 1. The van der Waals surface area contributed by atoms with E-state index < -0.39 is 5.97 Å². The fourth-order valence-electron chi connectivity index (χ4n) is 1.53. The zero-order chi connectivity index (χ0) is 14.5. The van der Waals surface area contributed by atoms with Crippen molar-refractivity contribution >= 4 is 11.7 Å². The van der Waals surface area contributed by atoms with E-state index in [2.05, 4.69) is 9.72 Å². The zero-order valence-electron chi connectivity index (χ0n) is 10.7. The summed E-state index contributed by atoms with van der Waals surface area (Å²) in [4.78, 5) is 15.5. The van der Waals surface area contributed by atoms with Crippen LogP contribution in [0.4, 0.5) is 5.69 Å². The van der Waals surface area contributed by atoms with E-state index >= 15 is 0 Å². The van der Waals surface area contributed by atoms with Gasteiger partial charge in [0.2, 0.25) is 5.88 Å². The fraction of sp³-hybridized carbons (Fsp3) is 0.0714. The highest BCUT2D eigenvalue weighted by atomic mass is 16.5. The highest BCUT2D eigenvalue weighted by Crippen LogP contribution is 2.28. The Labute approximate surface area is 115 Å². The van der Waals surface area contributed by atoms with Crippen molar-refractivity contribution in [2.45, 2.75) is 0 Å². The quantitative estimate of drug-likeness (QED) is 0.857. The first kappa shape index (κ1) is 13.4. The van der Waals surface area contributed by atoms with Gasteiger partial charge in [-0.05, 0) is 30.3 Å². The third kappa shape index (κ3) is 2.67. The largest absolute Gasteiger partial charge is 0.465 e. The third-order valence-electron chi connectivity index (χ3n) is 2.56. The van der Waals surface area contributed by atoms with Crippen LogP contribution in [0.5, 0.6) is 11.6 Å². The summed E-state index contributed by atoms with van der Waals surface area (Å²) in [5.74, 6) is 0.0115. The number of hydrogen-bond acceptors (Lipinski definition) is 6. The molecule has 2 aromatic rings. The van der Waals surface area contributed by atoms with Gasteiger partial charge in [-0.15, -0.1) is 0 Å². The lowest BCUT2D eigenvalue weighted by Crippen LogP contribution is -2.07. The molecule has 0 unspecified atom stereocenters. The van der Waals surface area contributed by atoms with Gasteiger partial charge in [0, 0.05) is 6.20 Å². The van der Waals surface area contributed by atoms with E-state index in [-0.39, 0.29) is 17.1 Å². The van der Waals surface area contributed by atoms with Crippen LogP contribution in [0, 0.1) is 11.3 Å². The van der Waals surface area contributed by atoms with Gasteiger partial charge in [0.05, 0.1) is 24.3 Å². The van der Waals surface area contributed by atoms with Crippen molar-refractivity contribution in [3.8, 4) is 17.7 Å². The zero-order valence-corrected chi connectivity index (χ0v) is 10.7. The lowest BCUT2D eigenvalue weighted by molar-refractivity contribution is 0.0601. The Balaban J connectivity index is 2.29. The molecule has 20 heavy (non-hydrogen) atoms. The number of esters is 1. The topological polar surface area (TPSA) is 98.2 Å². The monoisotopic (exact) mass is 269 g/mol. The molecule has 0 fully saturated rings. The molecule has 1 aromatic carbocycles. The number of rotatable bonds is 3. The van der Waals surface area contributed by atoms with Crippen molar-refractivity contribution in [3.63, 3.8) is 0 Å². The summed E-state index contributed by atoms with van der Waals surface area (Å²) in [6.07, 6.45) is 1.40. The van der Waals surface area contributed by atoms with Crippen molar-refractivity contribution in [1.82, 2.24) is 4.98 Å². The summed E-state index contributed by atoms with van der Waals surface area (Å²) in [5, 5.41) is 8.71. The number of hydrogen-bond donors (Lipinski definition) is 1. The maximum atomic E-state index is 11.5. The maximum Gasteiger partial charge on any atom is 0.340 e. The minimum atomic E-state index is -0.561. The third-order valence-corrected chi connectivity index (χ3v) is 2.56. The molecule has 0 aliphatic rings. The minimum absolute atomic E-state index is 0.101. The summed E-state index contributed by atoms with van der Waals surface area (Å²) in [6.45, 7) is 0. The molecule has 6 nitrogen and oxygen atoms in total. The van der Waals surface area contributed by atoms with Gasteiger partial charge in [-0.1, -0.05) is 0 Å². The Morgan fingerprint density at radius 2 is 2.00 bits per heavy atom. The predicted molar refractivity (Wildman–Crippen MR) is 71.2 cm³/mol. The minimum Gasteiger partial charge on any atom is -0.465 e. The summed E-state index contributed by atoms with van der Waals surface area (Å²) in [6, 6.07) is 9.90. The Bertz CT molecular complexity index is 675. The molecule has 0 aliphatic heterocycles. The van der Waals surface area contributed by atoms with Crippen molar-refractivity contribution in [3.05, 3.63) is 47.7 Å². The van der Waals surface area contributed by atoms with Crippen LogP contribution in [-0.4, -0.2) is 18.1 Å². The number of methoxy groups -OCH3 is 1. The van der Waals surface area contributed by atoms with Gasteiger partial charge >= 0.3 is 5.97 Å². The smallest absolute Gasteiger partial charge is 0.340 e. The number of carbonyl (C=O) groups excluding carboxylic acids is 1. The van der Waals surface area contributed by atoms with Crippen LogP contribution in [0.3, 0.4) is 0 Å². The standard InChI is InChI=1S/C14H11N3O3/c1-19-14(18)11-6-7-17-13(12(11)16)20-10-4-2-9(8-15)3-5-10/h2-7H,16H2,1H3. The van der Waals surface area contributed by atoms with Crippen LogP contribution in [0.2, 0.25) is 0 Å². The van der Waals surface area contributed by atoms with E-state index in [1.165, 1.54) is 19.4 Å². The average Bonchev–Trinajstić information content (AvgIpc) is 2.49. The van der Waals surface area contributed by atoms with E-state index in [0.29, 0.717) is 11.3 Å². The van der Waals surface area contributed by atoms with Crippen LogP contribution < -0.4 is 10.5 Å². The second kappa shape index (κ2) is 5.71. The van der Waals surface area contributed by atoms with Crippen LogP contribution >= 0.6 is 0 Å². The number of nitriles is 1. The summed E-state index contributed by atoms with van der Waals surface area (Å²) >= 11 is 0. The Morgan fingerprint density at radius 3 is 2.60 bits per heavy atom. The summed E-state index contributed by atoms with van der Waals surface area (Å²) < 4.78 is 10.1. The molecule has 100 valence electrons. The van der Waals surface area contributed by atoms with E-state index in [1.807, 2.05) is 6.07 Å². The summed E-state index contributed by atoms with van der Waals surface area (Å²) in [7, 11) is 1.27. The van der Waals surface area contributed by atoms with Crippen molar-refractivity contribution in [2.24, 2.45) is 0 Å². The van der Waals surface area contributed by atoms with Crippen LogP contribution in [0.15, 0.2) is 36.5 Å². The van der Waals surface area contributed by atoms with Crippen molar-refractivity contribution < 1.29 is 14.3 Å². The van der Waals surface area contributed by atoms with Gasteiger partial charge in [0.1, 0.15) is 11.4 Å². The number of benzene rings is 1. The highest BCUT2D eigenvalue weighted by molar-refractivity contribution is 5.96. The molecular weight excluding hydrogens is 258 g/mol. The molecule has 0 aliphatic carbocycles. The van der Waals surface area contributed by atoms with Crippen LogP contribution in [-0.2, 0) is 4.74 Å². The Morgan fingerprint density at radius 1 is 1.30 bits per heavy atom. The predicted octanol–water partition coefficient (Wildman–Crippen LogP) is 2.11. The molecule has 0 bridgehead atoms. The van der Waals surface area contributed by atoms with Gasteiger partial charge in [-0.3, -0.25) is 0 Å². The van der Waals surface area contributed by atoms with Crippen LogP contribution in [0.1, 0.15) is 15.9 Å². The number of aromatic nitrogens is 1. The average molecular weight is 269 g/mol. The van der Waals surface area contributed by atoms with Crippen molar-refractivity contribution in [1.29, 1.82) is 5.26 Å². The molecule has 1 heterocycles. The molecule has 0 saturated heterocycles. The lowest BCUT2D eigenvalue weighted by Gasteiger charge is -2.09. The number of carbonyl (C=O) groups is 1. The molecule has 0 spiro atoms.